The van der Waals surface area contributed by atoms with Gasteiger partial charge in [-0.2, -0.15) is 0 Å². The van der Waals surface area contributed by atoms with Crippen molar-refractivity contribution in [3.05, 3.63) is 29.8 Å². The van der Waals surface area contributed by atoms with Crippen molar-refractivity contribution >= 4 is 17.6 Å². The molecule has 1 amide bonds. The maximum atomic E-state index is 12.4. The average molecular weight is 317 g/mol. The van der Waals surface area contributed by atoms with E-state index in [0.29, 0.717) is 34.9 Å². The summed E-state index contributed by atoms with van der Waals surface area (Å²) in [6.45, 7) is 6.80. The van der Waals surface area contributed by atoms with Gasteiger partial charge in [0, 0.05) is 12.1 Å². The van der Waals surface area contributed by atoms with Crippen molar-refractivity contribution in [3.63, 3.8) is 0 Å². The molecule has 23 heavy (non-hydrogen) atoms. The maximum Gasteiger partial charge on any atom is 0.307 e. The van der Waals surface area contributed by atoms with E-state index in [9.17, 15) is 9.59 Å². The van der Waals surface area contributed by atoms with E-state index < -0.39 is 5.97 Å². The second kappa shape index (κ2) is 7.16. The molecule has 1 aromatic carbocycles. The standard InChI is InChI=1S/C19H27NO3/c1-13-8-14(12-19(2,3)11-13)9-17(21)20-16-7-5-4-6-15(16)10-18(22)23/h4-7,13-14H,8-12H2,1-3H3,(H,20,21)(H,22,23). The Balaban J connectivity index is 1.99. The van der Waals surface area contributed by atoms with Crippen molar-refractivity contribution < 1.29 is 14.7 Å². The van der Waals surface area contributed by atoms with Gasteiger partial charge in [0.15, 0.2) is 0 Å². The summed E-state index contributed by atoms with van der Waals surface area (Å²) in [5.41, 5.74) is 1.55. The molecule has 126 valence electrons. The summed E-state index contributed by atoms with van der Waals surface area (Å²) in [7, 11) is 0. The number of hydrogen-bond acceptors (Lipinski definition) is 2. The number of para-hydroxylation sites is 1. The molecule has 0 aromatic heterocycles. The molecule has 0 bridgehead atoms. The zero-order valence-corrected chi connectivity index (χ0v) is 14.3. The highest BCUT2D eigenvalue weighted by Gasteiger charge is 2.32. The van der Waals surface area contributed by atoms with Gasteiger partial charge in [-0.1, -0.05) is 39.0 Å². The number of carboxylic acid groups (broad SMARTS) is 1. The lowest BCUT2D eigenvalue weighted by molar-refractivity contribution is -0.136. The van der Waals surface area contributed by atoms with Crippen LogP contribution in [0.2, 0.25) is 0 Å². The molecule has 1 aliphatic carbocycles. The van der Waals surface area contributed by atoms with Crippen LogP contribution in [0.3, 0.4) is 0 Å². The van der Waals surface area contributed by atoms with Crippen molar-refractivity contribution in [2.24, 2.45) is 17.3 Å². The second-order valence-electron chi connectivity index (χ2n) is 7.76. The quantitative estimate of drug-likeness (QED) is 0.859. The Hall–Kier alpha value is -1.84. The van der Waals surface area contributed by atoms with E-state index in [1.54, 1.807) is 18.2 Å². The van der Waals surface area contributed by atoms with Gasteiger partial charge in [0.1, 0.15) is 0 Å². The van der Waals surface area contributed by atoms with Gasteiger partial charge < -0.3 is 10.4 Å². The van der Waals surface area contributed by atoms with Crippen molar-refractivity contribution in [1.82, 2.24) is 0 Å². The lowest BCUT2D eigenvalue weighted by Crippen LogP contribution is -2.30. The van der Waals surface area contributed by atoms with Crippen molar-refractivity contribution in [2.75, 3.05) is 5.32 Å². The Morgan fingerprint density at radius 1 is 1.26 bits per heavy atom. The van der Waals surface area contributed by atoms with Gasteiger partial charge >= 0.3 is 5.97 Å². The van der Waals surface area contributed by atoms with Gasteiger partial charge in [0.05, 0.1) is 6.42 Å². The van der Waals surface area contributed by atoms with Gasteiger partial charge in [-0.25, -0.2) is 0 Å². The third-order valence-corrected chi connectivity index (χ3v) is 4.59. The smallest absolute Gasteiger partial charge is 0.307 e. The number of carboxylic acids is 1. The van der Waals surface area contributed by atoms with E-state index in [2.05, 4.69) is 26.1 Å². The normalized spacial score (nSPS) is 23.3. The number of carbonyl (C=O) groups is 2. The lowest BCUT2D eigenvalue weighted by Gasteiger charge is -2.38. The van der Waals surface area contributed by atoms with E-state index in [4.69, 9.17) is 5.11 Å². The zero-order chi connectivity index (χ0) is 17.0. The van der Waals surface area contributed by atoms with Gasteiger partial charge in [0.2, 0.25) is 5.91 Å². The highest BCUT2D eigenvalue weighted by atomic mass is 16.4. The minimum atomic E-state index is -0.894. The summed E-state index contributed by atoms with van der Waals surface area (Å²) < 4.78 is 0. The molecule has 1 fully saturated rings. The number of rotatable bonds is 5. The number of carbonyl (C=O) groups excluding carboxylic acids is 1. The van der Waals surface area contributed by atoms with E-state index in [0.717, 1.165) is 12.8 Å². The monoisotopic (exact) mass is 317 g/mol. The van der Waals surface area contributed by atoms with Crippen LogP contribution in [0.5, 0.6) is 0 Å². The number of hydrogen-bond donors (Lipinski definition) is 2. The Morgan fingerprint density at radius 3 is 2.61 bits per heavy atom. The van der Waals surface area contributed by atoms with Crippen LogP contribution in [0.1, 0.15) is 52.0 Å². The van der Waals surface area contributed by atoms with Crippen molar-refractivity contribution in [1.29, 1.82) is 0 Å². The first-order valence-electron chi connectivity index (χ1n) is 8.35. The zero-order valence-electron chi connectivity index (χ0n) is 14.3. The highest BCUT2D eigenvalue weighted by Crippen LogP contribution is 2.42. The SMILES string of the molecule is CC1CC(CC(=O)Nc2ccccc2CC(=O)O)CC(C)(C)C1. The van der Waals surface area contributed by atoms with E-state index >= 15 is 0 Å². The largest absolute Gasteiger partial charge is 0.481 e. The molecule has 1 saturated carbocycles. The van der Waals surface area contributed by atoms with Crippen LogP contribution in [-0.2, 0) is 16.0 Å². The molecule has 2 rings (SSSR count). The van der Waals surface area contributed by atoms with E-state index in [-0.39, 0.29) is 12.3 Å². The number of amides is 1. The fourth-order valence-corrected chi connectivity index (χ4v) is 4.12. The molecule has 2 unspecified atom stereocenters. The Morgan fingerprint density at radius 2 is 1.96 bits per heavy atom. The molecule has 4 heteroatoms. The molecule has 1 aromatic rings. The van der Waals surface area contributed by atoms with Crippen LogP contribution in [0.25, 0.3) is 0 Å². The molecule has 0 aliphatic heterocycles. The van der Waals surface area contributed by atoms with Crippen LogP contribution < -0.4 is 5.32 Å². The van der Waals surface area contributed by atoms with Crippen LogP contribution in [0.15, 0.2) is 24.3 Å². The summed E-state index contributed by atoms with van der Waals surface area (Å²) in [6.07, 6.45) is 3.81. The summed E-state index contributed by atoms with van der Waals surface area (Å²) in [6, 6.07) is 7.12. The molecule has 4 nitrogen and oxygen atoms in total. The summed E-state index contributed by atoms with van der Waals surface area (Å²) in [5.74, 6) is 0.142. The maximum absolute atomic E-state index is 12.4. The van der Waals surface area contributed by atoms with Crippen molar-refractivity contribution in [2.45, 2.75) is 52.9 Å². The van der Waals surface area contributed by atoms with Crippen LogP contribution in [-0.4, -0.2) is 17.0 Å². The van der Waals surface area contributed by atoms with Gasteiger partial charge in [0.25, 0.3) is 0 Å². The molecule has 2 atom stereocenters. The topological polar surface area (TPSA) is 66.4 Å². The first-order chi connectivity index (χ1) is 10.7. The molecule has 2 N–H and O–H groups in total. The first kappa shape index (κ1) is 17.5. The minimum absolute atomic E-state index is 0.0160. The summed E-state index contributed by atoms with van der Waals surface area (Å²) in [4.78, 5) is 23.3. The minimum Gasteiger partial charge on any atom is -0.481 e. The second-order valence-corrected chi connectivity index (χ2v) is 7.76. The Labute approximate surface area is 138 Å². The summed E-state index contributed by atoms with van der Waals surface area (Å²) in [5, 5.41) is 11.9. The molecular formula is C19H27NO3. The number of nitrogens with one attached hydrogen (secondary N) is 1. The fraction of sp³-hybridized carbons (Fsp3) is 0.579. The first-order valence-corrected chi connectivity index (χ1v) is 8.35. The van der Waals surface area contributed by atoms with Crippen molar-refractivity contribution in [3.8, 4) is 0 Å². The average Bonchev–Trinajstić information content (AvgIpc) is 2.37. The predicted molar refractivity (Wildman–Crippen MR) is 91.3 cm³/mol. The molecule has 0 saturated heterocycles. The third-order valence-electron chi connectivity index (χ3n) is 4.59. The third kappa shape index (κ3) is 5.38. The molecular weight excluding hydrogens is 290 g/mol. The molecule has 0 heterocycles. The lowest BCUT2D eigenvalue weighted by atomic mass is 9.67. The summed E-state index contributed by atoms with van der Waals surface area (Å²) >= 11 is 0. The number of anilines is 1. The Bertz CT molecular complexity index is 580. The van der Waals surface area contributed by atoms with Crippen LogP contribution in [0, 0.1) is 17.3 Å². The van der Waals surface area contributed by atoms with Crippen LogP contribution >= 0.6 is 0 Å². The fourth-order valence-electron chi connectivity index (χ4n) is 4.12. The highest BCUT2D eigenvalue weighted by molar-refractivity contribution is 5.92. The number of aliphatic carboxylic acids is 1. The predicted octanol–water partition coefficient (Wildman–Crippen LogP) is 4.10. The van der Waals surface area contributed by atoms with Crippen LogP contribution in [0.4, 0.5) is 5.69 Å². The van der Waals surface area contributed by atoms with E-state index in [1.807, 2.05) is 6.07 Å². The van der Waals surface area contributed by atoms with E-state index in [1.165, 1.54) is 6.42 Å². The molecule has 0 radical (unpaired) electrons. The molecule has 0 spiro atoms. The molecule has 1 aliphatic rings. The van der Waals surface area contributed by atoms with Gasteiger partial charge in [-0.05, 0) is 48.1 Å². The Kier molecular flexibility index (Phi) is 5.45. The van der Waals surface area contributed by atoms with Gasteiger partial charge in [-0.3, -0.25) is 9.59 Å². The number of benzene rings is 1. The van der Waals surface area contributed by atoms with Gasteiger partial charge in [-0.15, -0.1) is 0 Å².